The van der Waals surface area contributed by atoms with Crippen LogP contribution >= 0.6 is 23.1 Å². The summed E-state index contributed by atoms with van der Waals surface area (Å²) in [5.74, 6) is 0. The van der Waals surface area contributed by atoms with Crippen LogP contribution in [0.1, 0.15) is 16.7 Å². The molecule has 2 N–H and O–H groups in total. The highest BCUT2D eigenvalue weighted by Crippen LogP contribution is 2.28. The van der Waals surface area contributed by atoms with Crippen molar-refractivity contribution in [3.05, 3.63) is 89.5 Å². The minimum atomic E-state index is -0.323. The van der Waals surface area contributed by atoms with Gasteiger partial charge in [0, 0.05) is 18.7 Å². The average Bonchev–Trinajstić information content (AvgIpc) is 3.39. The van der Waals surface area contributed by atoms with Crippen LogP contribution in [0.25, 0.3) is 10.2 Å². The number of thiazole rings is 1. The number of hydrogen-bond acceptors (Lipinski definition) is 7. The number of rotatable bonds is 7. The van der Waals surface area contributed by atoms with Crippen molar-refractivity contribution in [3.8, 4) is 0 Å². The summed E-state index contributed by atoms with van der Waals surface area (Å²) in [5, 5.41) is 8.45. The van der Waals surface area contributed by atoms with Gasteiger partial charge in [0.15, 0.2) is 10.3 Å². The Morgan fingerprint density at radius 3 is 2.55 bits per heavy atom. The number of nitrogens with zero attached hydrogens (tertiary/aromatic N) is 2. The monoisotopic (exact) mass is 472 g/mol. The molecule has 1 aliphatic heterocycles. The number of aliphatic imine (C=N–C) groups is 1. The van der Waals surface area contributed by atoms with Crippen LogP contribution in [-0.2, 0) is 17.6 Å². The summed E-state index contributed by atoms with van der Waals surface area (Å²) in [6.07, 6.45) is 1.54. The zero-order chi connectivity index (χ0) is 22.6. The van der Waals surface area contributed by atoms with E-state index in [2.05, 4.69) is 52.9 Å². The van der Waals surface area contributed by atoms with Crippen molar-refractivity contribution >= 4 is 54.4 Å². The number of carbonyl (C=O) groups is 1. The van der Waals surface area contributed by atoms with Gasteiger partial charge in [0.1, 0.15) is 6.04 Å². The molecule has 0 saturated heterocycles. The highest BCUT2D eigenvalue weighted by molar-refractivity contribution is 8.27. The van der Waals surface area contributed by atoms with E-state index in [9.17, 15) is 4.79 Å². The number of para-hydroxylation sites is 1. The summed E-state index contributed by atoms with van der Waals surface area (Å²) in [6.45, 7) is 2.92. The molecule has 0 bridgehead atoms. The number of hydrogen-bond donors (Lipinski definition) is 2. The molecule has 0 spiro atoms. The van der Waals surface area contributed by atoms with Gasteiger partial charge >= 0.3 is 0 Å². The SMILES string of the molecule is Cc1cccc2sc(NCCc3ccc(NC4=N[C@@H](Cc5ccccc5)C(=O)S4)cc3)nc12. The fourth-order valence-electron chi connectivity index (χ4n) is 3.76. The smallest absolute Gasteiger partial charge is 0.221 e. The molecule has 3 aromatic carbocycles. The normalized spacial score (nSPS) is 15.6. The van der Waals surface area contributed by atoms with Crippen LogP contribution in [0.15, 0.2) is 77.8 Å². The third kappa shape index (κ3) is 5.26. The minimum absolute atomic E-state index is 0.0917. The van der Waals surface area contributed by atoms with Crippen molar-refractivity contribution in [2.45, 2.75) is 25.8 Å². The Morgan fingerprint density at radius 1 is 0.939 bits per heavy atom. The Hall–Kier alpha value is -3.16. The molecule has 4 aromatic rings. The summed E-state index contributed by atoms with van der Waals surface area (Å²) < 4.78 is 1.21. The predicted molar refractivity (Wildman–Crippen MR) is 141 cm³/mol. The van der Waals surface area contributed by atoms with Crippen molar-refractivity contribution in [2.75, 3.05) is 17.2 Å². The van der Waals surface area contributed by atoms with Gasteiger partial charge in [0.25, 0.3) is 0 Å². The maximum absolute atomic E-state index is 12.3. The van der Waals surface area contributed by atoms with Crippen LogP contribution in [0.3, 0.4) is 0 Å². The maximum Gasteiger partial charge on any atom is 0.221 e. The van der Waals surface area contributed by atoms with E-state index < -0.39 is 0 Å². The van der Waals surface area contributed by atoms with E-state index >= 15 is 0 Å². The summed E-state index contributed by atoms with van der Waals surface area (Å²) in [6, 6.07) is 24.3. The van der Waals surface area contributed by atoms with Crippen molar-refractivity contribution in [2.24, 2.45) is 4.99 Å². The van der Waals surface area contributed by atoms with Crippen LogP contribution in [0, 0.1) is 6.92 Å². The molecule has 0 fully saturated rings. The van der Waals surface area contributed by atoms with E-state index in [0.717, 1.165) is 34.9 Å². The standard InChI is InChI=1S/C26H24N4OS2/c1-17-6-5-9-22-23(17)30-25(32-22)27-15-14-18-10-12-20(13-11-18)28-26-29-21(24(31)33-26)16-19-7-3-2-4-8-19/h2-13,21H,14-16H2,1H3,(H,27,30)(H,28,29)/t21-/m0/s1. The van der Waals surface area contributed by atoms with Crippen LogP contribution in [-0.4, -0.2) is 27.9 Å². The van der Waals surface area contributed by atoms with Gasteiger partial charge in [0.05, 0.1) is 10.2 Å². The van der Waals surface area contributed by atoms with Gasteiger partial charge in [-0.3, -0.25) is 4.79 Å². The number of benzene rings is 3. The lowest BCUT2D eigenvalue weighted by molar-refractivity contribution is -0.111. The highest BCUT2D eigenvalue weighted by atomic mass is 32.2. The fraction of sp³-hybridized carbons (Fsp3) is 0.192. The van der Waals surface area contributed by atoms with E-state index in [1.54, 1.807) is 11.3 Å². The first-order chi connectivity index (χ1) is 16.1. The number of anilines is 2. The molecule has 166 valence electrons. The van der Waals surface area contributed by atoms with Gasteiger partial charge < -0.3 is 10.6 Å². The van der Waals surface area contributed by atoms with Crippen molar-refractivity contribution in [3.63, 3.8) is 0 Å². The zero-order valence-electron chi connectivity index (χ0n) is 18.2. The molecule has 2 heterocycles. The molecule has 7 heteroatoms. The second-order valence-corrected chi connectivity index (χ2v) is 10.0. The summed E-state index contributed by atoms with van der Waals surface area (Å²) in [5.41, 5.74) is 5.59. The fourth-order valence-corrected chi connectivity index (χ4v) is 5.54. The number of aromatic nitrogens is 1. The minimum Gasteiger partial charge on any atom is -0.361 e. The number of aryl methyl sites for hydroxylation is 1. The second kappa shape index (κ2) is 9.77. The number of amidine groups is 1. The van der Waals surface area contributed by atoms with Crippen molar-refractivity contribution in [1.82, 2.24) is 4.98 Å². The first kappa shape index (κ1) is 21.7. The molecule has 1 aromatic heterocycles. The van der Waals surface area contributed by atoms with Crippen molar-refractivity contribution in [1.29, 1.82) is 0 Å². The van der Waals surface area contributed by atoms with Gasteiger partial charge in [-0.05, 0) is 60.0 Å². The number of thioether (sulfide) groups is 1. The molecular formula is C26H24N4OS2. The maximum atomic E-state index is 12.3. The molecule has 0 saturated carbocycles. The molecule has 5 nitrogen and oxygen atoms in total. The lowest BCUT2D eigenvalue weighted by Crippen LogP contribution is -2.13. The molecule has 0 radical (unpaired) electrons. The van der Waals surface area contributed by atoms with Crippen LogP contribution < -0.4 is 10.6 Å². The average molecular weight is 473 g/mol. The van der Waals surface area contributed by atoms with Gasteiger partial charge in [-0.25, -0.2) is 9.98 Å². The molecule has 1 atom stereocenters. The largest absolute Gasteiger partial charge is 0.361 e. The lowest BCUT2D eigenvalue weighted by atomic mass is 10.1. The van der Waals surface area contributed by atoms with Gasteiger partial charge in [-0.15, -0.1) is 0 Å². The molecule has 33 heavy (non-hydrogen) atoms. The Labute approximate surface area is 201 Å². The Bertz CT molecular complexity index is 1300. The topological polar surface area (TPSA) is 66.4 Å². The van der Waals surface area contributed by atoms with Crippen LogP contribution in [0.2, 0.25) is 0 Å². The molecular weight excluding hydrogens is 448 g/mol. The highest BCUT2D eigenvalue weighted by Gasteiger charge is 2.28. The molecule has 0 amide bonds. The van der Waals surface area contributed by atoms with Gasteiger partial charge in [-0.2, -0.15) is 0 Å². The van der Waals surface area contributed by atoms with E-state index in [4.69, 9.17) is 4.98 Å². The second-order valence-electron chi connectivity index (χ2n) is 8.00. The van der Waals surface area contributed by atoms with Gasteiger partial charge in [-0.1, -0.05) is 65.9 Å². The predicted octanol–water partition coefficient (Wildman–Crippen LogP) is 5.91. The summed E-state index contributed by atoms with van der Waals surface area (Å²) in [7, 11) is 0. The van der Waals surface area contributed by atoms with Crippen molar-refractivity contribution < 1.29 is 4.79 Å². The number of carbonyl (C=O) groups excluding carboxylic acids is 1. The van der Waals surface area contributed by atoms with E-state index in [0.29, 0.717) is 11.6 Å². The summed E-state index contributed by atoms with van der Waals surface area (Å²) in [4.78, 5) is 21.6. The van der Waals surface area contributed by atoms with Crippen LogP contribution in [0.4, 0.5) is 10.8 Å². The first-order valence-electron chi connectivity index (χ1n) is 10.9. The molecule has 5 rings (SSSR count). The third-order valence-corrected chi connectivity index (χ3v) is 7.38. The molecule has 1 aliphatic rings. The first-order valence-corrected chi connectivity index (χ1v) is 12.6. The zero-order valence-corrected chi connectivity index (χ0v) is 19.9. The molecule has 0 unspecified atom stereocenters. The third-order valence-electron chi connectivity index (χ3n) is 5.53. The lowest BCUT2D eigenvalue weighted by Gasteiger charge is -2.07. The van der Waals surface area contributed by atoms with Crippen LogP contribution in [0.5, 0.6) is 0 Å². The van der Waals surface area contributed by atoms with E-state index in [-0.39, 0.29) is 11.2 Å². The van der Waals surface area contributed by atoms with E-state index in [1.165, 1.54) is 27.6 Å². The Morgan fingerprint density at radius 2 is 1.76 bits per heavy atom. The number of fused-ring (bicyclic) bond motifs is 1. The molecule has 0 aliphatic carbocycles. The van der Waals surface area contributed by atoms with E-state index in [1.807, 2.05) is 42.5 Å². The Balaban J connectivity index is 1.14. The Kier molecular flexibility index (Phi) is 6.41. The summed E-state index contributed by atoms with van der Waals surface area (Å²) >= 11 is 2.88. The van der Waals surface area contributed by atoms with Gasteiger partial charge in [0.2, 0.25) is 5.12 Å². The quantitative estimate of drug-likeness (QED) is 0.350. The number of nitrogens with one attached hydrogen (secondary N) is 2.